The molecule has 4 rings (SSSR count). The Morgan fingerprint density at radius 1 is 1.03 bits per heavy atom. The van der Waals surface area contributed by atoms with E-state index in [9.17, 15) is 14.9 Å². The Morgan fingerprint density at radius 3 is 2.38 bits per heavy atom. The summed E-state index contributed by atoms with van der Waals surface area (Å²) in [5.74, 6) is -0.448. The first-order chi connectivity index (χ1) is 16.4. The average Bonchev–Trinajstić information content (AvgIpc) is 3.39. The smallest absolute Gasteiger partial charge is 0.274 e. The van der Waals surface area contributed by atoms with E-state index in [1.165, 1.54) is 5.56 Å². The molecule has 0 aliphatic carbocycles. The number of aromatic nitrogens is 1. The Labute approximate surface area is 200 Å². The van der Waals surface area contributed by atoms with Crippen LogP contribution in [-0.4, -0.2) is 16.4 Å². The van der Waals surface area contributed by atoms with Gasteiger partial charge in [0.1, 0.15) is 11.8 Å². The fraction of sp³-hybridized carbons (Fsp3) is 0.321. The Kier molecular flexibility index (Phi) is 6.83. The Hall–Kier alpha value is -3.85. The van der Waals surface area contributed by atoms with Crippen LogP contribution in [0.25, 0.3) is 0 Å². The molecule has 1 atom stereocenters. The van der Waals surface area contributed by atoms with E-state index in [2.05, 4.69) is 42.7 Å². The third-order valence-corrected chi connectivity index (χ3v) is 6.29. The molecular weight excluding hydrogens is 424 g/mol. The summed E-state index contributed by atoms with van der Waals surface area (Å²) < 4.78 is 1.87. The van der Waals surface area contributed by atoms with E-state index in [0.717, 1.165) is 24.1 Å². The highest BCUT2D eigenvalue weighted by Crippen LogP contribution is 2.34. The average molecular weight is 455 g/mol. The number of nitriles is 1. The summed E-state index contributed by atoms with van der Waals surface area (Å²) in [5.41, 5.74) is 4.61. The molecule has 3 aromatic rings. The van der Waals surface area contributed by atoms with Crippen LogP contribution in [0.2, 0.25) is 0 Å². The second-order valence-corrected chi connectivity index (χ2v) is 9.28. The van der Waals surface area contributed by atoms with Crippen molar-refractivity contribution in [2.45, 2.75) is 52.5 Å². The van der Waals surface area contributed by atoms with Crippen LogP contribution in [0, 0.1) is 17.2 Å². The van der Waals surface area contributed by atoms with Crippen molar-refractivity contribution in [2.24, 2.45) is 5.92 Å². The van der Waals surface area contributed by atoms with Gasteiger partial charge in [-0.2, -0.15) is 5.26 Å². The molecule has 0 saturated carbocycles. The van der Waals surface area contributed by atoms with Crippen LogP contribution in [0.3, 0.4) is 0 Å². The summed E-state index contributed by atoms with van der Waals surface area (Å²) in [6.45, 7) is 6.84. The van der Waals surface area contributed by atoms with Gasteiger partial charge in [-0.25, -0.2) is 0 Å². The fourth-order valence-corrected chi connectivity index (χ4v) is 4.57. The number of amides is 2. The van der Waals surface area contributed by atoms with Gasteiger partial charge in [0.05, 0.1) is 17.2 Å². The molecule has 0 fully saturated rings. The van der Waals surface area contributed by atoms with Gasteiger partial charge in [0.25, 0.3) is 5.91 Å². The Bertz CT molecular complexity index is 1230. The monoisotopic (exact) mass is 454 g/mol. The first-order valence-electron chi connectivity index (χ1n) is 11.8. The standard InChI is InChI=1S/C28H30N4O2/c1-18(2)16-20-11-13-21(14-12-20)19(3)27(33)31-25-23(17-29)24-10-7-15-32(24)26(25)28(34)30-22-8-5-4-6-9-22/h4-6,8-9,11-14,18-19H,7,10,15-16H2,1-3H3,(H,30,34)(H,31,33). The summed E-state index contributed by atoms with van der Waals surface area (Å²) in [5, 5.41) is 15.7. The van der Waals surface area contributed by atoms with E-state index in [1.807, 2.05) is 41.8 Å². The van der Waals surface area contributed by atoms with Gasteiger partial charge < -0.3 is 15.2 Å². The second-order valence-electron chi connectivity index (χ2n) is 9.28. The lowest BCUT2D eigenvalue weighted by Crippen LogP contribution is -2.23. The first kappa shape index (κ1) is 23.3. The van der Waals surface area contributed by atoms with E-state index in [1.54, 1.807) is 12.1 Å². The maximum absolute atomic E-state index is 13.3. The molecule has 6 heteroatoms. The van der Waals surface area contributed by atoms with Gasteiger partial charge >= 0.3 is 0 Å². The van der Waals surface area contributed by atoms with Crippen molar-refractivity contribution in [3.63, 3.8) is 0 Å². The van der Waals surface area contributed by atoms with Crippen molar-refractivity contribution in [1.29, 1.82) is 5.26 Å². The van der Waals surface area contributed by atoms with E-state index >= 15 is 0 Å². The number of carbonyl (C=O) groups is 2. The van der Waals surface area contributed by atoms with Crippen LogP contribution >= 0.6 is 0 Å². The highest BCUT2D eigenvalue weighted by molar-refractivity contribution is 6.11. The quantitative estimate of drug-likeness (QED) is 0.494. The van der Waals surface area contributed by atoms with Crippen molar-refractivity contribution in [1.82, 2.24) is 4.57 Å². The highest BCUT2D eigenvalue weighted by Gasteiger charge is 2.31. The molecule has 0 spiro atoms. The van der Waals surface area contributed by atoms with Gasteiger partial charge in [-0.1, -0.05) is 56.3 Å². The zero-order valence-corrected chi connectivity index (χ0v) is 19.9. The van der Waals surface area contributed by atoms with Crippen LogP contribution in [0.1, 0.15) is 66.0 Å². The third kappa shape index (κ3) is 4.74. The minimum atomic E-state index is -0.431. The van der Waals surface area contributed by atoms with Crippen molar-refractivity contribution in [3.05, 3.63) is 82.7 Å². The molecule has 0 saturated heterocycles. The summed E-state index contributed by atoms with van der Waals surface area (Å²) in [6.07, 6.45) is 2.56. The molecular formula is C28H30N4O2. The predicted octanol–water partition coefficient (Wildman–Crippen LogP) is 5.50. The molecule has 2 heterocycles. The zero-order valence-electron chi connectivity index (χ0n) is 19.9. The van der Waals surface area contributed by atoms with Crippen LogP contribution in [0.15, 0.2) is 54.6 Å². The van der Waals surface area contributed by atoms with E-state index in [0.29, 0.717) is 41.5 Å². The van der Waals surface area contributed by atoms with Gasteiger partial charge in [0.15, 0.2) is 0 Å². The molecule has 2 aromatic carbocycles. The van der Waals surface area contributed by atoms with Gasteiger partial charge in [0, 0.05) is 17.9 Å². The normalized spacial score (nSPS) is 13.3. The molecule has 174 valence electrons. The fourth-order valence-electron chi connectivity index (χ4n) is 4.57. The maximum atomic E-state index is 13.3. The Morgan fingerprint density at radius 2 is 1.74 bits per heavy atom. The second kappa shape index (κ2) is 9.96. The number of carbonyl (C=O) groups excluding carboxylic acids is 2. The van der Waals surface area contributed by atoms with Crippen molar-refractivity contribution in [3.8, 4) is 6.07 Å². The van der Waals surface area contributed by atoms with Crippen molar-refractivity contribution >= 4 is 23.2 Å². The largest absolute Gasteiger partial charge is 0.337 e. The van der Waals surface area contributed by atoms with E-state index in [-0.39, 0.29) is 11.8 Å². The first-order valence-corrected chi connectivity index (χ1v) is 11.8. The summed E-state index contributed by atoms with van der Waals surface area (Å²) in [7, 11) is 0. The number of rotatable bonds is 7. The van der Waals surface area contributed by atoms with Crippen molar-refractivity contribution in [2.75, 3.05) is 10.6 Å². The topological polar surface area (TPSA) is 86.9 Å². The molecule has 2 amide bonds. The molecule has 6 nitrogen and oxygen atoms in total. The number of nitrogens with one attached hydrogen (secondary N) is 2. The number of anilines is 2. The SMILES string of the molecule is CC(C)Cc1ccc(C(C)C(=O)Nc2c(C#N)c3n(c2C(=O)Nc2ccccc2)CCC3)cc1. The molecule has 1 aliphatic heterocycles. The van der Waals surface area contributed by atoms with Gasteiger partial charge in [0.2, 0.25) is 5.91 Å². The summed E-state index contributed by atoms with van der Waals surface area (Å²) >= 11 is 0. The van der Waals surface area contributed by atoms with Crippen LogP contribution in [-0.2, 0) is 24.2 Å². The van der Waals surface area contributed by atoms with Crippen molar-refractivity contribution < 1.29 is 9.59 Å². The van der Waals surface area contributed by atoms with Gasteiger partial charge in [-0.15, -0.1) is 0 Å². The van der Waals surface area contributed by atoms with Crippen LogP contribution in [0.4, 0.5) is 11.4 Å². The lowest BCUT2D eigenvalue weighted by Gasteiger charge is -2.15. The molecule has 0 bridgehead atoms. The molecule has 1 aromatic heterocycles. The van der Waals surface area contributed by atoms with Gasteiger partial charge in [-0.3, -0.25) is 9.59 Å². The lowest BCUT2D eigenvalue weighted by atomic mass is 9.96. The minimum Gasteiger partial charge on any atom is -0.337 e. The number of hydrogen-bond acceptors (Lipinski definition) is 3. The predicted molar refractivity (Wildman–Crippen MR) is 134 cm³/mol. The van der Waals surface area contributed by atoms with Crippen LogP contribution < -0.4 is 10.6 Å². The molecule has 1 aliphatic rings. The van der Waals surface area contributed by atoms with Crippen LogP contribution in [0.5, 0.6) is 0 Å². The molecule has 34 heavy (non-hydrogen) atoms. The Balaban J connectivity index is 1.61. The molecule has 1 unspecified atom stereocenters. The summed E-state index contributed by atoms with van der Waals surface area (Å²) in [4.78, 5) is 26.5. The minimum absolute atomic E-state index is 0.244. The number of nitrogens with zero attached hydrogens (tertiary/aromatic N) is 2. The third-order valence-electron chi connectivity index (χ3n) is 6.29. The lowest BCUT2D eigenvalue weighted by molar-refractivity contribution is -0.117. The zero-order chi connectivity index (χ0) is 24.2. The number of benzene rings is 2. The summed E-state index contributed by atoms with van der Waals surface area (Å²) in [6, 6.07) is 19.5. The number of para-hydroxylation sites is 1. The molecule has 0 radical (unpaired) electrons. The molecule has 2 N–H and O–H groups in total. The highest BCUT2D eigenvalue weighted by atomic mass is 16.2. The number of fused-ring (bicyclic) bond motifs is 1. The maximum Gasteiger partial charge on any atom is 0.274 e. The van der Waals surface area contributed by atoms with E-state index in [4.69, 9.17) is 0 Å². The van der Waals surface area contributed by atoms with Gasteiger partial charge in [-0.05, 0) is 55.4 Å². The number of hydrogen-bond donors (Lipinski definition) is 2. The van der Waals surface area contributed by atoms with E-state index < -0.39 is 5.92 Å².